The van der Waals surface area contributed by atoms with Crippen LogP contribution in [0.25, 0.3) is 0 Å². The second-order valence-electron chi connectivity index (χ2n) is 27.7. The minimum absolute atomic E-state index is 0.102. The van der Waals surface area contributed by atoms with Gasteiger partial charge in [0.25, 0.3) is 0 Å². The summed E-state index contributed by atoms with van der Waals surface area (Å²) in [5, 5.41) is 10.6. The molecule has 0 aliphatic heterocycles. The van der Waals surface area contributed by atoms with E-state index in [1.54, 1.807) is 0 Å². The number of allylic oxidation sites excluding steroid dienone is 4. The van der Waals surface area contributed by atoms with E-state index in [1.807, 2.05) is 0 Å². The summed E-state index contributed by atoms with van der Waals surface area (Å²) in [6, 6.07) is 0. The third kappa shape index (κ3) is 70.4. The normalized spacial score (nSPS) is 14.4. The van der Waals surface area contributed by atoms with Gasteiger partial charge >= 0.3 is 39.5 Å². The zero-order valence-electron chi connectivity index (χ0n) is 62.7. The summed E-state index contributed by atoms with van der Waals surface area (Å²) in [6.45, 7) is 7.27. The molecule has 0 saturated heterocycles. The Morgan fingerprint density at radius 1 is 0.330 bits per heavy atom. The molecule has 3 unspecified atom stereocenters. The second kappa shape index (κ2) is 70.6. The number of hydrogen-bond acceptors (Lipinski definition) is 15. The van der Waals surface area contributed by atoms with Crippen molar-refractivity contribution in [3.8, 4) is 0 Å². The van der Waals surface area contributed by atoms with Gasteiger partial charge in [0.2, 0.25) is 0 Å². The van der Waals surface area contributed by atoms with Crippen LogP contribution in [0.1, 0.15) is 388 Å². The van der Waals surface area contributed by atoms with Gasteiger partial charge in [0, 0.05) is 25.7 Å². The summed E-state index contributed by atoms with van der Waals surface area (Å²) in [5.41, 5.74) is 0. The van der Waals surface area contributed by atoms with Gasteiger partial charge in [-0.15, -0.1) is 0 Å². The molecule has 0 aromatic heterocycles. The van der Waals surface area contributed by atoms with E-state index >= 15 is 0 Å². The topological polar surface area (TPSA) is 237 Å². The SMILES string of the molecule is CCCCCC/C=C\C=C/CCCCCCCC(=O)OC[C@H](COP(=O)(O)OC[C@@H](O)COP(=O)(O)OC[C@@H](COC(=O)CCCCCCCCCCCCCC)OC(=O)CCCCCCCCCCCCC(C)CC)OC(=O)CCCCCCCCCCCCCCCCCC. The number of phosphoric ester groups is 2. The van der Waals surface area contributed by atoms with Crippen molar-refractivity contribution in [2.45, 2.75) is 406 Å². The van der Waals surface area contributed by atoms with Crippen LogP contribution >= 0.6 is 15.6 Å². The number of hydrogen-bond donors (Lipinski definition) is 3. The quantitative estimate of drug-likeness (QED) is 0.0169. The average molecular weight is 1420 g/mol. The van der Waals surface area contributed by atoms with Crippen LogP contribution in [0.2, 0.25) is 0 Å². The fourth-order valence-electron chi connectivity index (χ4n) is 11.5. The highest BCUT2D eigenvalue weighted by atomic mass is 31.2. The predicted molar refractivity (Wildman–Crippen MR) is 395 cm³/mol. The van der Waals surface area contributed by atoms with Gasteiger partial charge in [0.05, 0.1) is 26.4 Å². The van der Waals surface area contributed by atoms with E-state index in [0.717, 1.165) is 115 Å². The van der Waals surface area contributed by atoms with Crippen molar-refractivity contribution in [2.75, 3.05) is 39.6 Å². The van der Waals surface area contributed by atoms with E-state index in [4.69, 9.17) is 37.0 Å². The van der Waals surface area contributed by atoms with Gasteiger partial charge in [-0.1, -0.05) is 335 Å². The zero-order valence-corrected chi connectivity index (χ0v) is 64.5. The fraction of sp³-hybridized carbons (Fsp3) is 0.897. The molecule has 6 atom stereocenters. The lowest BCUT2D eigenvalue weighted by atomic mass is 9.99. The molecule has 97 heavy (non-hydrogen) atoms. The van der Waals surface area contributed by atoms with Gasteiger partial charge < -0.3 is 33.8 Å². The monoisotopic (exact) mass is 1420 g/mol. The van der Waals surface area contributed by atoms with E-state index in [0.29, 0.717) is 25.7 Å². The molecule has 0 aromatic carbocycles. The summed E-state index contributed by atoms with van der Waals surface area (Å²) < 4.78 is 68.6. The summed E-state index contributed by atoms with van der Waals surface area (Å²) in [7, 11) is -9.93. The van der Waals surface area contributed by atoms with Crippen LogP contribution in [0.5, 0.6) is 0 Å². The molecule has 0 aromatic rings. The molecule has 0 rings (SSSR count). The molecule has 0 saturated carbocycles. The Labute approximate surface area is 592 Å². The number of phosphoric acid groups is 2. The lowest BCUT2D eigenvalue weighted by Gasteiger charge is -2.21. The van der Waals surface area contributed by atoms with E-state index in [1.165, 1.54) is 193 Å². The van der Waals surface area contributed by atoms with Crippen LogP contribution in [0.4, 0.5) is 0 Å². The largest absolute Gasteiger partial charge is 0.472 e. The van der Waals surface area contributed by atoms with Crippen LogP contribution in [0, 0.1) is 5.92 Å². The molecule has 0 bridgehead atoms. The molecule has 17 nitrogen and oxygen atoms in total. The molecular formula is C78H148O17P2. The van der Waals surface area contributed by atoms with Crippen LogP contribution < -0.4 is 0 Å². The first-order valence-electron chi connectivity index (χ1n) is 40.0. The molecule has 0 radical (unpaired) electrons. The zero-order chi connectivity index (χ0) is 71.2. The van der Waals surface area contributed by atoms with E-state index in [2.05, 4.69) is 58.9 Å². The highest BCUT2D eigenvalue weighted by Crippen LogP contribution is 2.45. The van der Waals surface area contributed by atoms with Crippen molar-refractivity contribution < 1.29 is 80.2 Å². The fourth-order valence-corrected chi connectivity index (χ4v) is 13.1. The highest BCUT2D eigenvalue weighted by Gasteiger charge is 2.30. The Morgan fingerprint density at radius 2 is 0.577 bits per heavy atom. The Bertz CT molecular complexity index is 1950. The van der Waals surface area contributed by atoms with Crippen LogP contribution in [-0.4, -0.2) is 96.7 Å². The average Bonchev–Trinajstić information content (AvgIpc) is 2.63. The number of carbonyl (C=O) groups is 4. The second-order valence-corrected chi connectivity index (χ2v) is 30.6. The van der Waals surface area contributed by atoms with Gasteiger partial charge in [0.15, 0.2) is 12.2 Å². The number of ether oxygens (including phenoxy) is 4. The summed E-state index contributed by atoms with van der Waals surface area (Å²) >= 11 is 0. The summed E-state index contributed by atoms with van der Waals surface area (Å²) in [4.78, 5) is 72.9. The molecular weight excluding hydrogens is 1270 g/mol. The molecule has 0 aliphatic carbocycles. The molecule has 3 N–H and O–H groups in total. The van der Waals surface area contributed by atoms with Crippen molar-refractivity contribution in [1.29, 1.82) is 0 Å². The molecule has 0 spiro atoms. The van der Waals surface area contributed by atoms with Gasteiger partial charge in [-0.2, -0.15) is 0 Å². The van der Waals surface area contributed by atoms with E-state index < -0.39 is 97.5 Å². The number of aliphatic hydroxyl groups excluding tert-OH is 1. The predicted octanol–water partition coefficient (Wildman–Crippen LogP) is 22.8. The highest BCUT2D eigenvalue weighted by molar-refractivity contribution is 7.47. The Hall–Kier alpha value is -2.46. The van der Waals surface area contributed by atoms with Gasteiger partial charge in [0.1, 0.15) is 19.3 Å². The van der Waals surface area contributed by atoms with Gasteiger partial charge in [-0.05, 0) is 57.3 Å². The maximum Gasteiger partial charge on any atom is 0.472 e. The van der Waals surface area contributed by atoms with Crippen molar-refractivity contribution in [3.05, 3.63) is 24.3 Å². The van der Waals surface area contributed by atoms with Crippen LogP contribution in [0.15, 0.2) is 24.3 Å². The molecule has 572 valence electrons. The minimum Gasteiger partial charge on any atom is -0.462 e. The summed E-state index contributed by atoms with van der Waals surface area (Å²) in [5.74, 6) is -1.34. The van der Waals surface area contributed by atoms with Gasteiger partial charge in [-0.3, -0.25) is 37.3 Å². The standard InChI is InChI=1S/C78H148O17P2/c1-6-10-13-16-19-22-25-28-30-32-34-37-43-48-53-58-63-77(82)94-73(67-89-76(81)62-57-52-47-42-36-33-31-29-26-23-20-17-14-11-7-2)69-92-96(84,85)90-65-72(79)66-91-97(86,87)93-70-74(68-88-75(80)61-56-51-46-41-35-27-24-21-18-15-12-8-3)95-78(83)64-59-54-49-44-39-38-40-45-50-55-60-71(5)9-4/h23,26,29,31,71-74,79H,6-22,24-25,27-28,30,32-70H2,1-5H3,(H,84,85)(H,86,87)/b26-23-,31-29-/t71?,72-,73-,74-/m1/s1. The third-order valence-electron chi connectivity index (χ3n) is 18.0. The van der Waals surface area contributed by atoms with Crippen LogP contribution in [-0.2, 0) is 65.4 Å². The minimum atomic E-state index is -4.97. The van der Waals surface area contributed by atoms with E-state index in [-0.39, 0.29) is 25.7 Å². The maximum atomic E-state index is 13.1. The Kier molecular flexibility index (Phi) is 68.8. The van der Waals surface area contributed by atoms with Crippen molar-refractivity contribution >= 4 is 39.5 Å². The van der Waals surface area contributed by atoms with Crippen molar-refractivity contribution in [1.82, 2.24) is 0 Å². The Morgan fingerprint density at radius 3 is 0.876 bits per heavy atom. The number of carbonyl (C=O) groups excluding carboxylic acids is 4. The first-order valence-corrected chi connectivity index (χ1v) is 43.0. The van der Waals surface area contributed by atoms with Crippen LogP contribution in [0.3, 0.4) is 0 Å². The maximum absolute atomic E-state index is 13.1. The lowest BCUT2D eigenvalue weighted by molar-refractivity contribution is -0.161. The molecule has 0 aliphatic rings. The first-order chi connectivity index (χ1) is 47.1. The number of unbranched alkanes of at least 4 members (excludes halogenated alkanes) is 44. The van der Waals surface area contributed by atoms with Crippen molar-refractivity contribution in [3.63, 3.8) is 0 Å². The molecule has 0 fully saturated rings. The Balaban J connectivity index is 5.30. The third-order valence-corrected chi connectivity index (χ3v) is 19.9. The van der Waals surface area contributed by atoms with Crippen molar-refractivity contribution in [2.24, 2.45) is 5.92 Å². The first kappa shape index (κ1) is 94.5. The van der Waals surface area contributed by atoms with E-state index in [9.17, 15) is 43.2 Å². The molecule has 0 amide bonds. The number of aliphatic hydroxyl groups is 1. The smallest absolute Gasteiger partial charge is 0.462 e. The molecule has 19 heteroatoms. The lowest BCUT2D eigenvalue weighted by Crippen LogP contribution is -2.30. The number of esters is 4. The number of rotatable bonds is 76. The molecule has 0 heterocycles. The van der Waals surface area contributed by atoms with Gasteiger partial charge in [-0.25, -0.2) is 9.13 Å². The summed E-state index contributed by atoms with van der Waals surface area (Å²) in [6.07, 6.45) is 63.0.